The van der Waals surface area contributed by atoms with Crippen LogP contribution < -0.4 is 0 Å². The van der Waals surface area contributed by atoms with Crippen LogP contribution in [0.15, 0.2) is 16.1 Å². The average molecular weight is 315 g/mol. The Balaban J connectivity index is 3.81. The van der Waals surface area contributed by atoms with Crippen molar-refractivity contribution in [3.05, 3.63) is 28.3 Å². The fourth-order valence-electron chi connectivity index (χ4n) is 3.16. The molecule has 1 aromatic rings. The number of rotatable bonds is 7. The van der Waals surface area contributed by atoms with Gasteiger partial charge in [0, 0.05) is 6.54 Å². The van der Waals surface area contributed by atoms with Crippen molar-refractivity contribution < 1.29 is 0 Å². The van der Waals surface area contributed by atoms with Gasteiger partial charge in [-0.3, -0.25) is 0 Å². The maximum atomic E-state index is 4.67. The van der Waals surface area contributed by atoms with Crippen molar-refractivity contribution in [1.82, 2.24) is 0 Å². The standard InChI is InChI=1S/C21H34N2/c1-9-11-17-18(14(3)4)12-19(15(5)6)21(20(17)16(7)8)23-13-22-10-2/h12,14-16H,9-11H2,1-8H3. The van der Waals surface area contributed by atoms with E-state index in [4.69, 9.17) is 0 Å². The van der Waals surface area contributed by atoms with Crippen molar-refractivity contribution >= 4 is 11.7 Å². The molecule has 0 saturated heterocycles. The van der Waals surface area contributed by atoms with Gasteiger partial charge < -0.3 is 0 Å². The predicted octanol–water partition coefficient (Wildman–Crippen LogP) is 6.83. The van der Waals surface area contributed by atoms with Crippen molar-refractivity contribution in [2.75, 3.05) is 6.54 Å². The molecule has 0 spiro atoms. The first-order chi connectivity index (χ1) is 10.8. The van der Waals surface area contributed by atoms with Crippen LogP contribution in [0.25, 0.3) is 0 Å². The highest BCUT2D eigenvalue weighted by Gasteiger charge is 2.22. The van der Waals surface area contributed by atoms with Crippen molar-refractivity contribution in [3.63, 3.8) is 0 Å². The number of hydrogen-bond acceptors (Lipinski definition) is 2. The van der Waals surface area contributed by atoms with Gasteiger partial charge in [-0.25, -0.2) is 4.99 Å². The molecule has 0 fully saturated rings. The Morgan fingerprint density at radius 1 is 0.913 bits per heavy atom. The first-order valence-corrected chi connectivity index (χ1v) is 9.16. The largest absolute Gasteiger partial charge is 0.226 e. The molecule has 0 radical (unpaired) electrons. The van der Waals surface area contributed by atoms with E-state index in [-0.39, 0.29) is 0 Å². The summed E-state index contributed by atoms with van der Waals surface area (Å²) in [5.41, 5.74) is 6.83. The maximum absolute atomic E-state index is 4.67. The zero-order valence-electron chi connectivity index (χ0n) is 16.3. The molecule has 1 rings (SSSR count). The van der Waals surface area contributed by atoms with Gasteiger partial charge in [-0.2, -0.15) is 4.99 Å². The van der Waals surface area contributed by atoms with E-state index < -0.39 is 0 Å². The van der Waals surface area contributed by atoms with E-state index in [1.807, 2.05) is 6.92 Å². The van der Waals surface area contributed by atoms with Crippen LogP contribution in [0.4, 0.5) is 5.69 Å². The molecule has 23 heavy (non-hydrogen) atoms. The zero-order chi connectivity index (χ0) is 17.6. The zero-order valence-corrected chi connectivity index (χ0v) is 16.3. The second-order valence-corrected chi connectivity index (χ2v) is 7.20. The summed E-state index contributed by atoms with van der Waals surface area (Å²) in [6.45, 7) is 18.6. The van der Waals surface area contributed by atoms with Gasteiger partial charge in [-0.1, -0.05) is 61.0 Å². The van der Waals surface area contributed by atoms with Gasteiger partial charge in [0.1, 0.15) is 0 Å². The lowest BCUT2D eigenvalue weighted by Crippen LogP contribution is -2.07. The monoisotopic (exact) mass is 314 g/mol. The van der Waals surface area contributed by atoms with Crippen LogP contribution >= 0.6 is 0 Å². The minimum atomic E-state index is 0.447. The van der Waals surface area contributed by atoms with Crippen LogP contribution in [0, 0.1) is 0 Å². The van der Waals surface area contributed by atoms with E-state index in [0.717, 1.165) is 25.1 Å². The summed E-state index contributed by atoms with van der Waals surface area (Å²) in [4.78, 5) is 8.85. The first kappa shape index (κ1) is 19.6. The summed E-state index contributed by atoms with van der Waals surface area (Å²) in [6.07, 6.45) is 2.28. The molecule has 0 aliphatic rings. The van der Waals surface area contributed by atoms with Gasteiger partial charge in [0.05, 0.1) is 11.7 Å². The summed E-state index contributed by atoms with van der Waals surface area (Å²) in [5, 5.41) is 0. The minimum Gasteiger partial charge on any atom is -0.226 e. The highest BCUT2D eigenvalue weighted by molar-refractivity contribution is 5.66. The lowest BCUT2D eigenvalue weighted by atomic mass is 9.81. The smallest absolute Gasteiger partial charge is 0.0949 e. The summed E-state index contributed by atoms with van der Waals surface area (Å²) in [6, 6.07) is 5.30. The molecule has 1 aromatic carbocycles. The van der Waals surface area contributed by atoms with Gasteiger partial charge in [-0.15, -0.1) is 0 Å². The van der Waals surface area contributed by atoms with Crippen LogP contribution in [0.3, 0.4) is 0 Å². The van der Waals surface area contributed by atoms with E-state index in [9.17, 15) is 0 Å². The summed E-state index contributed by atoms with van der Waals surface area (Å²) in [5.74, 6) is 1.44. The van der Waals surface area contributed by atoms with E-state index in [2.05, 4.69) is 70.5 Å². The minimum absolute atomic E-state index is 0.447. The Hall–Kier alpha value is -1.40. The van der Waals surface area contributed by atoms with Gasteiger partial charge in [-0.05, 0) is 53.4 Å². The quantitative estimate of drug-likeness (QED) is 0.492. The average Bonchev–Trinajstić information content (AvgIpc) is 2.46. The van der Waals surface area contributed by atoms with Gasteiger partial charge in [0.2, 0.25) is 0 Å². The molecule has 0 N–H and O–H groups in total. The number of benzene rings is 1. The summed E-state index contributed by atoms with van der Waals surface area (Å²) < 4.78 is 0. The van der Waals surface area contributed by atoms with Crippen LogP contribution in [0.1, 0.15) is 102 Å². The van der Waals surface area contributed by atoms with Gasteiger partial charge in [0.15, 0.2) is 0 Å². The molecule has 2 heteroatoms. The van der Waals surface area contributed by atoms with Crippen LogP contribution in [0.2, 0.25) is 0 Å². The third-order valence-corrected chi connectivity index (χ3v) is 4.23. The Bertz CT molecular complexity index is 574. The van der Waals surface area contributed by atoms with Crippen molar-refractivity contribution in [3.8, 4) is 0 Å². The molecular weight excluding hydrogens is 280 g/mol. The summed E-state index contributed by atoms with van der Waals surface area (Å²) >= 11 is 0. The molecule has 0 aliphatic heterocycles. The topological polar surface area (TPSA) is 24.7 Å². The second kappa shape index (κ2) is 9.03. The van der Waals surface area contributed by atoms with E-state index in [1.54, 1.807) is 0 Å². The molecule has 0 amide bonds. The Morgan fingerprint density at radius 3 is 1.96 bits per heavy atom. The fraction of sp³-hybridized carbons (Fsp3) is 0.667. The molecule has 2 nitrogen and oxygen atoms in total. The Labute approximate surface area is 143 Å². The van der Waals surface area contributed by atoms with E-state index in [1.165, 1.54) is 22.3 Å². The fourth-order valence-corrected chi connectivity index (χ4v) is 3.16. The molecule has 128 valence electrons. The van der Waals surface area contributed by atoms with E-state index >= 15 is 0 Å². The highest BCUT2D eigenvalue weighted by atomic mass is 14.8. The summed E-state index contributed by atoms with van der Waals surface area (Å²) in [7, 11) is 0. The maximum Gasteiger partial charge on any atom is 0.0949 e. The molecule has 0 saturated carbocycles. The number of hydrogen-bond donors (Lipinski definition) is 0. The van der Waals surface area contributed by atoms with Crippen LogP contribution in [-0.4, -0.2) is 12.6 Å². The van der Waals surface area contributed by atoms with Gasteiger partial charge >= 0.3 is 0 Å². The first-order valence-electron chi connectivity index (χ1n) is 9.16. The third-order valence-electron chi connectivity index (χ3n) is 4.23. The Morgan fingerprint density at radius 2 is 1.52 bits per heavy atom. The highest BCUT2D eigenvalue weighted by Crippen LogP contribution is 2.41. The molecule has 0 heterocycles. The van der Waals surface area contributed by atoms with Crippen molar-refractivity contribution in [1.29, 1.82) is 0 Å². The molecule has 0 aliphatic carbocycles. The lowest BCUT2D eigenvalue weighted by molar-refractivity contribution is 0.763. The molecule has 0 atom stereocenters. The SMILES string of the molecule is CCCc1c(C(C)C)cc(C(C)C)c(N=C=NCC)c1C(C)C. The van der Waals surface area contributed by atoms with Crippen molar-refractivity contribution in [2.45, 2.75) is 86.0 Å². The normalized spacial score (nSPS) is 11.3. The molecular formula is C21H34N2. The third kappa shape index (κ3) is 4.78. The van der Waals surface area contributed by atoms with Gasteiger partial charge in [0.25, 0.3) is 0 Å². The number of aliphatic imine (C=N–C) groups is 2. The molecule has 0 unspecified atom stereocenters. The second-order valence-electron chi connectivity index (χ2n) is 7.20. The number of nitrogens with zero attached hydrogens (tertiary/aromatic N) is 2. The van der Waals surface area contributed by atoms with Crippen LogP contribution in [0.5, 0.6) is 0 Å². The predicted molar refractivity (Wildman–Crippen MR) is 103 cm³/mol. The van der Waals surface area contributed by atoms with Crippen LogP contribution in [-0.2, 0) is 6.42 Å². The van der Waals surface area contributed by atoms with E-state index in [0.29, 0.717) is 17.8 Å². The lowest BCUT2D eigenvalue weighted by Gasteiger charge is -2.25. The van der Waals surface area contributed by atoms with Crippen molar-refractivity contribution in [2.24, 2.45) is 9.98 Å². The Kier molecular flexibility index (Phi) is 7.72. The molecule has 0 aromatic heterocycles. The molecule has 0 bridgehead atoms.